The van der Waals surface area contributed by atoms with Crippen molar-refractivity contribution in [2.75, 3.05) is 7.05 Å². The van der Waals surface area contributed by atoms with Crippen molar-refractivity contribution in [3.8, 4) is 0 Å². The molecule has 4 N–H and O–H groups in total. The van der Waals surface area contributed by atoms with Crippen molar-refractivity contribution in [1.29, 1.82) is 0 Å². The first-order chi connectivity index (χ1) is 22.0. The first-order valence-electron chi connectivity index (χ1n) is 15.5. The quantitative estimate of drug-likeness (QED) is 0.0894. The van der Waals surface area contributed by atoms with Gasteiger partial charge in [0.1, 0.15) is 11.6 Å². The van der Waals surface area contributed by atoms with E-state index >= 15 is 0 Å². The molecular formula is C39H51F2N4P. The van der Waals surface area contributed by atoms with Gasteiger partial charge < -0.3 is 11.1 Å². The van der Waals surface area contributed by atoms with Crippen LogP contribution in [0, 0.1) is 18.6 Å². The van der Waals surface area contributed by atoms with Crippen LogP contribution >= 0.6 is 9.24 Å². The van der Waals surface area contributed by atoms with E-state index in [1.807, 2.05) is 38.1 Å². The minimum Gasteiger partial charge on any atom is -0.405 e. The molecule has 0 amide bonds. The average molecular weight is 645 g/mol. The van der Waals surface area contributed by atoms with E-state index < -0.39 is 0 Å². The second-order valence-corrected chi connectivity index (χ2v) is 11.2. The summed E-state index contributed by atoms with van der Waals surface area (Å²) in [5.74, 6) is -0.440. The monoisotopic (exact) mass is 644 g/mol. The molecule has 1 unspecified atom stereocenters. The van der Waals surface area contributed by atoms with Crippen molar-refractivity contribution in [2.45, 2.75) is 59.3 Å². The number of nitrogens with zero attached hydrogens (tertiary/aromatic N) is 1. The highest BCUT2D eigenvalue weighted by Gasteiger charge is 2.38. The molecule has 0 heterocycles. The first kappa shape index (κ1) is 39.7. The van der Waals surface area contributed by atoms with E-state index in [4.69, 9.17) is 0 Å². The third-order valence-electron chi connectivity index (χ3n) is 7.26. The second kappa shape index (κ2) is 20.7. The number of benzene rings is 3. The lowest BCUT2D eigenvalue weighted by atomic mass is 9.99. The third-order valence-corrected chi connectivity index (χ3v) is 7.79. The number of nitrogens with one attached hydrogen (secondary N) is 2. The SMILES string of the molecule is C=CN.C=CN\N=C(/C(=C/C=C/c1cc(P)c(CC)cc1C)C(=C)NC)c1ccc(F)cc1.CC.CC1(c2ccc(F)cc2)CC1. The van der Waals surface area contributed by atoms with Crippen LogP contribution < -0.4 is 21.8 Å². The van der Waals surface area contributed by atoms with Crippen LogP contribution in [0.15, 0.2) is 121 Å². The molecule has 0 aliphatic heterocycles. The Kier molecular flexibility index (Phi) is 17.9. The van der Waals surface area contributed by atoms with E-state index in [0.717, 1.165) is 23.1 Å². The van der Waals surface area contributed by atoms with Crippen molar-refractivity contribution in [3.05, 3.63) is 156 Å². The van der Waals surface area contributed by atoms with Gasteiger partial charge >= 0.3 is 0 Å². The Morgan fingerprint density at radius 3 is 2.04 bits per heavy atom. The number of hydrogen-bond donors (Lipinski definition) is 3. The molecule has 1 aliphatic rings. The summed E-state index contributed by atoms with van der Waals surface area (Å²) in [6, 6.07) is 17.5. The van der Waals surface area contributed by atoms with Gasteiger partial charge in [0.25, 0.3) is 0 Å². The topological polar surface area (TPSA) is 62.4 Å². The number of nitrogens with two attached hydrogens (primary N) is 1. The van der Waals surface area contributed by atoms with Gasteiger partial charge in [0, 0.05) is 30.1 Å². The molecule has 0 spiro atoms. The highest BCUT2D eigenvalue weighted by Crippen LogP contribution is 2.47. The maximum atomic E-state index is 13.4. The standard InChI is InChI=1S/C25H29FN3P.C10H11F.C2H5N.C2H6/c1-6-19-15-17(3)21(16-24(19)30)9-8-10-23(18(4)27-5)25(29-28-7-2)20-11-13-22(26)14-12-20;1-10(6-7-10)8-2-4-9(11)5-3-8;1-2-3;1-2/h7-16,27-28H,2,4,6,30H2,1,3,5H3;2-5H,6-7H2,1H3;2H,1,3H2;1-2H3/b9-8+,23-10+,29-25-;;;. The van der Waals surface area contributed by atoms with Crippen LogP contribution in [-0.2, 0) is 11.8 Å². The smallest absolute Gasteiger partial charge is 0.123 e. The van der Waals surface area contributed by atoms with Crippen molar-refractivity contribution < 1.29 is 8.78 Å². The van der Waals surface area contributed by atoms with Crippen molar-refractivity contribution in [2.24, 2.45) is 10.8 Å². The highest BCUT2D eigenvalue weighted by molar-refractivity contribution is 7.27. The molecule has 0 bridgehead atoms. The van der Waals surface area contributed by atoms with E-state index in [0.29, 0.717) is 16.8 Å². The predicted molar refractivity (Wildman–Crippen MR) is 200 cm³/mol. The predicted octanol–water partition coefficient (Wildman–Crippen LogP) is 9.00. The third kappa shape index (κ3) is 12.6. The Labute approximate surface area is 278 Å². The minimum absolute atomic E-state index is 0.141. The van der Waals surface area contributed by atoms with Crippen LogP contribution in [0.25, 0.3) is 6.08 Å². The largest absolute Gasteiger partial charge is 0.405 e. The Morgan fingerprint density at radius 1 is 1.02 bits per heavy atom. The molecule has 4 nitrogen and oxygen atoms in total. The van der Waals surface area contributed by atoms with Gasteiger partial charge in [0.2, 0.25) is 0 Å². The van der Waals surface area contributed by atoms with Gasteiger partial charge in [-0.2, -0.15) is 5.10 Å². The number of likely N-dealkylation sites (N-methyl/N-ethyl adjacent to an activating group) is 1. The summed E-state index contributed by atoms with van der Waals surface area (Å²) in [6.07, 6.45) is 12.2. The van der Waals surface area contributed by atoms with Crippen LogP contribution in [0.1, 0.15) is 68.4 Å². The molecular weight excluding hydrogens is 593 g/mol. The van der Waals surface area contributed by atoms with Crippen LogP contribution in [0.2, 0.25) is 0 Å². The minimum atomic E-state index is -0.299. The molecule has 3 aromatic carbocycles. The Bertz CT molecular complexity index is 1500. The molecule has 0 aromatic heterocycles. The molecule has 4 rings (SSSR count). The fraction of sp³-hybridized carbons (Fsp3) is 0.256. The molecule has 1 saturated carbocycles. The molecule has 7 heteroatoms. The zero-order valence-electron chi connectivity index (χ0n) is 28.3. The van der Waals surface area contributed by atoms with E-state index in [-0.39, 0.29) is 11.6 Å². The maximum Gasteiger partial charge on any atom is 0.123 e. The Balaban J connectivity index is 0.000000540. The summed E-state index contributed by atoms with van der Waals surface area (Å²) >= 11 is 0. The maximum absolute atomic E-state index is 13.4. The van der Waals surface area contributed by atoms with E-state index in [2.05, 4.69) is 89.5 Å². The molecule has 1 atom stereocenters. The van der Waals surface area contributed by atoms with Gasteiger partial charge in [-0.1, -0.05) is 83.9 Å². The number of allylic oxidation sites excluding steroid dienone is 3. The number of halogens is 2. The molecule has 3 aromatic rings. The zero-order valence-corrected chi connectivity index (χ0v) is 29.4. The zero-order chi connectivity index (χ0) is 34.7. The number of hydrogen-bond acceptors (Lipinski definition) is 4. The number of aryl methyl sites for hydroxylation is 2. The van der Waals surface area contributed by atoms with Crippen LogP contribution in [0.5, 0.6) is 0 Å². The van der Waals surface area contributed by atoms with E-state index in [9.17, 15) is 8.78 Å². The molecule has 246 valence electrons. The summed E-state index contributed by atoms with van der Waals surface area (Å²) in [7, 11) is 4.61. The summed E-state index contributed by atoms with van der Waals surface area (Å²) in [5, 5.41) is 8.69. The van der Waals surface area contributed by atoms with Crippen LogP contribution in [0.4, 0.5) is 8.78 Å². The van der Waals surface area contributed by atoms with Gasteiger partial charge in [-0.05, 0) is 108 Å². The lowest BCUT2D eigenvalue weighted by Gasteiger charge is -2.14. The number of hydrazone groups is 1. The van der Waals surface area contributed by atoms with Gasteiger partial charge in [-0.15, -0.1) is 9.24 Å². The molecule has 46 heavy (non-hydrogen) atoms. The summed E-state index contributed by atoms with van der Waals surface area (Å²) in [4.78, 5) is 0. The Morgan fingerprint density at radius 2 is 1.57 bits per heavy atom. The molecule has 1 fully saturated rings. The molecule has 0 saturated heterocycles. The van der Waals surface area contributed by atoms with E-state index in [1.165, 1.54) is 59.4 Å². The second-order valence-electron chi connectivity index (χ2n) is 10.5. The lowest BCUT2D eigenvalue weighted by Crippen LogP contribution is -2.17. The fourth-order valence-electron chi connectivity index (χ4n) is 4.32. The van der Waals surface area contributed by atoms with Gasteiger partial charge in [0.05, 0.1) is 5.71 Å². The summed E-state index contributed by atoms with van der Waals surface area (Å²) < 4.78 is 25.9. The summed E-state index contributed by atoms with van der Waals surface area (Å²) in [6.45, 7) is 21.4. The Hall–Kier alpha value is -4.28. The fourth-order valence-corrected chi connectivity index (χ4v) is 4.79. The molecule has 1 aliphatic carbocycles. The van der Waals surface area contributed by atoms with Gasteiger partial charge in [-0.3, -0.25) is 5.43 Å². The van der Waals surface area contributed by atoms with Crippen molar-refractivity contribution >= 4 is 26.3 Å². The number of rotatable bonds is 10. The highest BCUT2D eigenvalue weighted by atomic mass is 31.0. The van der Waals surface area contributed by atoms with Gasteiger partial charge in [-0.25, -0.2) is 8.78 Å². The van der Waals surface area contributed by atoms with Crippen molar-refractivity contribution in [3.63, 3.8) is 0 Å². The molecule has 0 radical (unpaired) electrons. The van der Waals surface area contributed by atoms with Gasteiger partial charge in [0.15, 0.2) is 0 Å². The van der Waals surface area contributed by atoms with E-state index in [1.54, 1.807) is 31.3 Å². The lowest BCUT2D eigenvalue weighted by molar-refractivity contribution is 0.625. The first-order valence-corrected chi connectivity index (χ1v) is 16.0. The average Bonchev–Trinajstić information content (AvgIpc) is 3.82. The van der Waals surface area contributed by atoms with Crippen LogP contribution in [0.3, 0.4) is 0 Å². The summed E-state index contributed by atoms with van der Waals surface area (Å²) in [5.41, 5.74) is 15.6. The normalized spacial score (nSPS) is 13.1. The van der Waals surface area contributed by atoms with Crippen molar-refractivity contribution in [1.82, 2.24) is 10.7 Å². The van der Waals surface area contributed by atoms with Crippen LogP contribution in [-0.4, -0.2) is 12.8 Å².